The monoisotopic (exact) mass is 398 g/mol. The van der Waals surface area contributed by atoms with Gasteiger partial charge in [0.1, 0.15) is 0 Å². The van der Waals surface area contributed by atoms with E-state index < -0.39 is 5.91 Å². The van der Waals surface area contributed by atoms with E-state index in [1.165, 1.54) is 0 Å². The van der Waals surface area contributed by atoms with Crippen molar-refractivity contribution in [2.45, 2.75) is 19.4 Å². The molecule has 2 heterocycles. The number of piperidine rings is 1. The molecule has 29 heavy (non-hydrogen) atoms. The van der Waals surface area contributed by atoms with Crippen LogP contribution in [-0.4, -0.2) is 85.4 Å². The van der Waals surface area contributed by atoms with Crippen LogP contribution in [0.15, 0.2) is 24.3 Å². The number of likely N-dealkylation sites (tertiary alicyclic amines) is 1. The third kappa shape index (κ3) is 5.76. The highest BCUT2D eigenvalue weighted by molar-refractivity contribution is 5.95. The van der Waals surface area contributed by atoms with Gasteiger partial charge in [0, 0.05) is 50.9 Å². The first-order valence-corrected chi connectivity index (χ1v) is 10.2. The van der Waals surface area contributed by atoms with Gasteiger partial charge in [-0.15, -0.1) is 0 Å². The van der Waals surface area contributed by atoms with E-state index in [9.17, 15) is 9.59 Å². The summed E-state index contributed by atoms with van der Waals surface area (Å²) in [5, 5.41) is 8.80. The zero-order valence-electron chi connectivity index (χ0n) is 17.2. The number of nitrogens with one attached hydrogen (secondary N) is 2. The summed E-state index contributed by atoms with van der Waals surface area (Å²) in [4.78, 5) is 31.5. The van der Waals surface area contributed by atoms with Crippen molar-refractivity contribution in [1.29, 1.82) is 5.26 Å². The number of amides is 2. The van der Waals surface area contributed by atoms with Gasteiger partial charge in [0.05, 0.1) is 18.2 Å². The van der Waals surface area contributed by atoms with Gasteiger partial charge in [0.2, 0.25) is 0 Å². The topological polar surface area (TPSA) is 91.7 Å². The Morgan fingerprint density at radius 2 is 1.79 bits per heavy atom. The van der Waals surface area contributed by atoms with Crippen LogP contribution in [0.5, 0.6) is 0 Å². The molecule has 2 aliphatic heterocycles. The van der Waals surface area contributed by atoms with Crippen LogP contribution in [0.1, 0.15) is 29.3 Å². The van der Waals surface area contributed by atoms with Gasteiger partial charge in [-0.25, -0.2) is 0 Å². The summed E-state index contributed by atoms with van der Waals surface area (Å²) < 4.78 is 0. The standard InChI is InChI=1S/C21H30N6O2/c1-16-14-26(8-7-19(16)27-11-9-25(2)10-12-27)15-20(28)23-24-21(29)18-5-3-17(13-22)4-6-18/h3-6,16,19H,7-12,14-15H2,1-2H3,(H,23,28)(H,24,29)/t16-,19-/m1/s1. The summed E-state index contributed by atoms with van der Waals surface area (Å²) in [5.74, 6) is -0.115. The molecule has 8 nitrogen and oxygen atoms in total. The molecule has 156 valence electrons. The van der Waals surface area contributed by atoms with Crippen LogP contribution in [0.2, 0.25) is 0 Å². The number of nitriles is 1. The smallest absolute Gasteiger partial charge is 0.269 e. The van der Waals surface area contributed by atoms with E-state index in [4.69, 9.17) is 5.26 Å². The number of hydrogen-bond acceptors (Lipinski definition) is 6. The first-order chi connectivity index (χ1) is 14.0. The van der Waals surface area contributed by atoms with E-state index in [0.717, 1.165) is 45.7 Å². The van der Waals surface area contributed by atoms with Crippen LogP contribution in [0.3, 0.4) is 0 Å². The van der Waals surface area contributed by atoms with Crippen molar-refractivity contribution in [3.63, 3.8) is 0 Å². The summed E-state index contributed by atoms with van der Waals surface area (Å²) in [5.41, 5.74) is 5.81. The third-order valence-corrected chi connectivity index (χ3v) is 5.91. The molecule has 0 saturated carbocycles. The lowest BCUT2D eigenvalue weighted by atomic mass is 9.92. The summed E-state index contributed by atoms with van der Waals surface area (Å²) in [6.45, 7) is 8.78. The van der Waals surface area contributed by atoms with Crippen molar-refractivity contribution in [1.82, 2.24) is 25.6 Å². The van der Waals surface area contributed by atoms with Gasteiger partial charge in [-0.1, -0.05) is 6.92 Å². The highest BCUT2D eigenvalue weighted by Gasteiger charge is 2.32. The number of rotatable bonds is 4. The number of carbonyl (C=O) groups excluding carboxylic acids is 2. The van der Waals surface area contributed by atoms with Crippen LogP contribution in [-0.2, 0) is 4.79 Å². The van der Waals surface area contributed by atoms with Crippen molar-refractivity contribution in [3.05, 3.63) is 35.4 Å². The van der Waals surface area contributed by atoms with E-state index in [1.807, 2.05) is 6.07 Å². The molecule has 1 aromatic carbocycles. The second-order valence-corrected chi connectivity index (χ2v) is 8.10. The lowest BCUT2D eigenvalue weighted by Gasteiger charge is -2.45. The molecule has 2 aliphatic rings. The fraction of sp³-hybridized carbons (Fsp3) is 0.571. The Hall–Kier alpha value is -2.47. The van der Waals surface area contributed by atoms with Crippen LogP contribution in [0.4, 0.5) is 0 Å². The minimum Gasteiger partial charge on any atom is -0.304 e. The molecule has 2 N–H and O–H groups in total. The molecular weight excluding hydrogens is 368 g/mol. The minimum absolute atomic E-state index is 0.225. The first kappa shape index (κ1) is 21.2. The van der Waals surface area contributed by atoms with Gasteiger partial charge in [0.15, 0.2) is 0 Å². The van der Waals surface area contributed by atoms with Crippen LogP contribution >= 0.6 is 0 Å². The third-order valence-electron chi connectivity index (χ3n) is 5.91. The van der Waals surface area contributed by atoms with Crippen LogP contribution in [0.25, 0.3) is 0 Å². The molecule has 2 atom stereocenters. The molecule has 2 fully saturated rings. The predicted octanol–water partition coefficient (Wildman–Crippen LogP) is 0.277. The minimum atomic E-state index is -0.398. The van der Waals surface area contributed by atoms with Crippen molar-refractivity contribution in [2.75, 3.05) is 52.9 Å². The second kappa shape index (κ2) is 9.83. The maximum Gasteiger partial charge on any atom is 0.269 e. The zero-order chi connectivity index (χ0) is 20.8. The van der Waals surface area contributed by atoms with Crippen molar-refractivity contribution in [2.24, 2.45) is 5.92 Å². The lowest BCUT2D eigenvalue weighted by Crippen LogP contribution is -2.56. The van der Waals surface area contributed by atoms with Crippen LogP contribution < -0.4 is 10.9 Å². The Morgan fingerprint density at radius 3 is 2.41 bits per heavy atom. The zero-order valence-corrected chi connectivity index (χ0v) is 17.2. The van der Waals surface area contributed by atoms with Crippen LogP contribution in [0, 0.1) is 17.2 Å². The summed E-state index contributed by atoms with van der Waals surface area (Å²) in [6, 6.07) is 8.85. The molecule has 0 aromatic heterocycles. The number of hydrazine groups is 1. The number of piperazine rings is 1. The molecule has 1 aromatic rings. The molecule has 2 amide bonds. The average Bonchev–Trinajstić information content (AvgIpc) is 2.73. The van der Waals surface area contributed by atoms with Gasteiger partial charge in [-0.3, -0.25) is 30.2 Å². The fourth-order valence-corrected chi connectivity index (χ4v) is 4.20. The number of hydrogen-bond donors (Lipinski definition) is 2. The van der Waals surface area contributed by atoms with Gasteiger partial charge < -0.3 is 4.90 Å². The molecule has 2 saturated heterocycles. The van der Waals surface area contributed by atoms with Gasteiger partial charge in [-0.2, -0.15) is 5.26 Å². The summed E-state index contributed by atoms with van der Waals surface area (Å²) in [6.07, 6.45) is 1.07. The molecule has 0 bridgehead atoms. The SMILES string of the molecule is C[C@@H]1CN(CC(=O)NNC(=O)c2ccc(C#N)cc2)CC[C@H]1N1CCN(C)CC1. The Bertz CT molecular complexity index is 751. The largest absolute Gasteiger partial charge is 0.304 e. The number of likely N-dealkylation sites (N-methyl/N-ethyl adjacent to an activating group) is 1. The molecule has 0 radical (unpaired) electrons. The maximum atomic E-state index is 12.2. The quantitative estimate of drug-likeness (QED) is 0.708. The summed E-state index contributed by atoms with van der Waals surface area (Å²) >= 11 is 0. The van der Waals surface area contributed by atoms with Crippen molar-refractivity contribution >= 4 is 11.8 Å². The molecule has 0 spiro atoms. The van der Waals surface area contributed by atoms with Gasteiger partial charge in [-0.05, 0) is 43.7 Å². The Balaban J connectivity index is 1.41. The van der Waals surface area contributed by atoms with E-state index in [1.54, 1.807) is 24.3 Å². The number of carbonyl (C=O) groups is 2. The normalized spacial score (nSPS) is 23.9. The maximum absolute atomic E-state index is 12.2. The van der Waals surface area contributed by atoms with E-state index >= 15 is 0 Å². The second-order valence-electron chi connectivity index (χ2n) is 8.10. The van der Waals surface area contributed by atoms with E-state index in [-0.39, 0.29) is 12.5 Å². The molecular formula is C21H30N6O2. The molecule has 0 aliphatic carbocycles. The Labute approximate surface area is 172 Å². The number of benzene rings is 1. The first-order valence-electron chi connectivity index (χ1n) is 10.2. The van der Waals surface area contributed by atoms with E-state index in [0.29, 0.717) is 23.1 Å². The number of nitrogens with zero attached hydrogens (tertiary/aromatic N) is 4. The fourth-order valence-electron chi connectivity index (χ4n) is 4.20. The molecule has 0 unspecified atom stereocenters. The van der Waals surface area contributed by atoms with Crippen molar-refractivity contribution in [3.8, 4) is 6.07 Å². The Morgan fingerprint density at radius 1 is 1.10 bits per heavy atom. The molecule has 3 rings (SSSR count). The van der Waals surface area contributed by atoms with E-state index in [2.05, 4.69) is 39.5 Å². The lowest BCUT2D eigenvalue weighted by molar-refractivity contribution is -0.123. The van der Waals surface area contributed by atoms with Gasteiger partial charge in [0.25, 0.3) is 11.8 Å². The van der Waals surface area contributed by atoms with Gasteiger partial charge >= 0.3 is 0 Å². The summed E-state index contributed by atoms with van der Waals surface area (Å²) in [7, 11) is 2.17. The average molecular weight is 399 g/mol. The molecule has 8 heteroatoms. The Kier molecular flexibility index (Phi) is 7.20. The van der Waals surface area contributed by atoms with Crippen molar-refractivity contribution < 1.29 is 9.59 Å². The highest BCUT2D eigenvalue weighted by Crippen LogP contribution is 2.23. The highest BCUT2D eigenvalue weighted by atomic mass is 16.2. The predicted molar refractivity (Wildman–Crippen MR) is 110 cm³/mol.